The van der Waals surface area contributed by atoms with Gasteiger partial charge in [-0.05, 0) is 28.8 Å². The summed E-state index contributed by atoms with van der Waals surface area (Å²) in [6, 6.07) is 26.4. The van der Waals surface area contributed by atoms with E-state index in [4.69, 9.17) is 14.6 Å². The van der Waals surface area contributed by atoms with E-state index in [2.05, 4.69) is 46.2 Å². The first-order valence-corrected chi connectivity index (χ1v) is 12.6. The molecule has 3 heterocycles. The number of hydrazone groups is 1. The number of rotatable bonds is 6. The summed E-state index contributed by atoms with van der Waals surface area (Å²) in [7, 11) is 0. The van der Waals surface area contributed by atoms with Crippen molar-refractivity contribution < 1.29 is 14.3 Å². The Hall–Kier alpha value is -3.68. The molecule has 0 N–H and O–H groups in total. The van der Waals surface area contributed by atoms with E-state index < -0.39 is 0 Å². The molecule has 0 radical (unpaired) electrons. The highest BCUT2D eigenvalue weighted by Crippen LogP contribution is 2.39. The minimum Gasteiger partial charge on any atom is -0.454 e. The molecule has 184 valence electrons. The second-order valence-electron chi connectivity index (χ2n) is 9.52. The molecule has 3 aliphatic heterocycles. The normalized spacial score (nSPS) is 19.9. The van der Waals surface area contributed by atoms with Crippen LogP contribution in [0.2, 0.25) is 0 Å². The van der Waals surface area contributed by atoms with E-state index in [0.717, 1.165) is 61.1 Å². The average molecular weight is 483 g/mol. The van der Waals surface area contributed by atoms with Crippen LogP contribution in [-0.4, -0.2) is 65.9 Å². The number of ether oxygens (including phenoxy) is 2. The van der Waals surface area contributed by atoms with E-state index in [-0.39, 0.29) is 18.7 Å². The van der Waals surface area contributed by atoms with Crippen LogP contribution in [0, 0.1) is 0 Å². The maximum atomic E-state index is 13.6. The maximum Gasteiger partial charge on any atom is 0.257 e. The van der Waals surface area contributed by atoms with Crippen LogP contribution in [0.3, 0.4) is 0 Å². The number of hydrogen-bond donors (Lipinski definition) is 0. The number of amides is 1. The predicted octanol–water partition coefficient (Wildman–Crippen LogP) is 3.91. The third-order valence-corrected chi connectivity index (χ3v) is 7.13. The Kier molecular flexibility index (Phi) is 6.40. The van der Waals surface area contributed by atoms with Crippen molar-refractivity contribution in [2.24, 2.45) is 5.10 Å². The lowest BCUT2D eigenvalue weighted by atomic mass is 9.98. The van der Waals surface area contributed by atoms with Crippen molar-refractivity contribution in [1.29, 1.82) is 0 Å². The van der Waals surface area contributed by atoms with Crippen LogP contribution in [-0.2, 0) is 11.3 Å². The van der Waals surface area contributed by atoms with Gasteiger partial charge in [-0.3, -0.25) is 14.6 Å². The maximum absolute atomic E-state index is 13.6. The van der Waals surface area contributed by atoms with Gasteiger partial charge < -0.3 is 9.47 Å². The van der Waals surface area contributed by atoms with Crippen LogP contribution in [0.1, 0.15) is 29.2 Å². The van der Waals surface area contributed by atoms with Gasteiger partial charge in [0, 0.05) is 39.1 Å². The summed E-state index contributed by atoms with van der Waals surface area (Å²) in [5.41, 5.74) is 4.32. The summed E-state index contributed by atoms with van der Waals surface area (Å²) in [5.74, 6) is 1.50. The first-order valence-electron chi connectivity index (χ1n) is 12.6. The second kappa shape index (κ2) is 10.1. The zero-order chi connectivity index (χ0) is 24.3. The van der Waals surface area contributed by atoms with Gasteiger partial charge in [0.15, 0.2) is 11.5 Å². The molecule has 0 spiro atoms. The smallest absolute Gasteiger partial charge is 0.257 e. The quantitative estimate of drug-likeness (QED) is 0.533. The standard InChI is InChI=1S/C29H30N4O3/c34-29(20-32-15-13-31(14-16-32)19-22-7-3-1-4-8-22)33-26(18-25(30-33)23-9-5-2-6-10-23)24-11-12-27-28(17-24)36-21-35-27/h1-12,17,26H,13-16,18-21H2/t26-/m1/s1. The van der Waals surface area contributed by atoms with Crippen LogP contribution in [0.25, 0.3) is 0 Å². The Balaban J connectivity index is 1.15. The van der Waals surface area contributed by atoms with Gasteiger partial charge in [0.2, 0.25) is 6.79 Å². The molecule has 1 amide bonds. The molecule has 0 saturated carbocycles. The minimum atomic E-state index is -0.165. The van der Waals surface area contributed by atoms with Crippen molar-refractivity contribution in [2.45, 2.75) is 19.0 Å². The summed E-state index contributed by atoms with van der Waals surface area (Å²) >= 11 is 0. The van der Waals surface area contributed by atoms with Crippen LogP contribution >= 0.6 is 0 Å². The van der Waals surface area contributed by atoms with Crippen LogP contribution in [0.15, 0.2) is 84.0 Å². The van der Waals surface area contributed by atoms with Crippen LogP contribution in [0.4, 0.5) is 0 Å². The summed E-state index contributed by atoms with van der Waals surface area (Å²) in [5, 5.41) is 6.53. The lowest BCUT2D eigenvalue weighted by Crippen LogP contribution is -2.49. The molecule has 0 bridgehead atoms. The highest BCUT2D eigenvalue weighted by atomic mass is 16.7. The Morgan fingerprint density at radius 1 is 0.833 bits per heavy atom. The number of nitrogens with zero attached hydrogens (tertiary/aromatic N) is 4. The Morgan fingerprint density at radius 2 is 1.53 bits per heavy atom. The largest absolute Gasteiger partial charge is 0.454 e. The van der Waals surface area contributed by atoms with E-state index in [1.54, 1.807) is 5.01 Å². The van der Waals surface area contributed by atoms with Crippen molar-refractivity contribution in [1.82, 2.24) is 14.8 Å². The molecule has 1 fully saturated rings. The molecule has 3 aliphatic rings. The molecule has 0 aliphatic carbocycles. The first kappa shape index (κ1) is 22.8. The molecule has 1 saturated heterocycles. The summed E-state index contributed by atoms with van der Waals surface area (Å²) < 4.78 is 11.1. The number of carbonyl (C=O) groups is 1. The zero-order valence-corrected chi connectivity index (χ0v) is 20.3. The van der Waals surface area contributed by atoms with E-state index in [1.807, 2.05) is 42.5 Å². The highest BCUT2D eigenvalue weighted by Gasteiger charge is 2.35. The number of fused-ring (bicyclic) bond motifs is 1. The fourth-order valence-corrected chi connectivity index (χ4v) is 5.14. The molecule has 6 rings (SSSR count). The molecule has 0 aromatic heterocycles. The highest BCUT2D eigenvalue weighted by molar-refractivity contribution is 6.03. The molecule has 36 heavy (non-hydrogen) atoms. The molecule has 7 heteroatoms. The minimum absolute atomic E-state index is 0.0279. The molecule has 7 nitrogen and oxygen atoms in total. The van der Waals surface area contributed by atoms with Crippen molar-refractivity contribution >= 4 is 11.6 Å². The molecular weight excluding hydrogens is 452 g/mol. The van der Waals surface area contributed by atoms with Gasteiger partial charge in [0.05, 0.1) is 18.3 Å². The number of carbonyl (C=O) groups excluding carboxylic acids is 1. The van der Waals surface area contributed by atoms with Gasteiger partial charge in [-0.15, -0.1) is 0 Å². The third-order valence-electron chi connectivity index (χ3n) is 7.13. The van der Waals surface area contributed by atoms with Gasteiger partial charge in [-0.1, -0.05) is 66.7 Å². The molecule has 0 unspecified atom stereocenters. The van der Waals surface area contributed by atoms with Gasteiger partial charge in [-0.25, -0.2) is 5.01 Å². The lowest BCUT2D eigenvalue weighted by molar-refractivity contribution is -0.134. The molecule has 3 aromatic rings. The van der Waals surface area contributed by atoms with E-state index >= 15 is 0 Å². The fourth-order valence-electron chi connectivity index (χ4n) is 5.14. The number of hydrogen-bond acceptors (Lipinski definition) is 6. The predicted molar refractivity (Wildman–Crippen MR) is 138 cm³/mol. The Bertz CT molecular complexity index is 1240. The topological polar surface area (TPSA) is 57.6 Å². The van der Waals surface area contributed by atoms with E-state index in [0.29, 0.717) is 13.0 Å². The average Bonchev–Trinajstić information content (AvgIpc) is 3.58. The third kappa shape index (κ3) is 4.85. The molecular formula is C29H30N4O3. The van der Waals surface area contributed by atoms with Crippen LogP contribution in [0.5, 0.6) is 11.5 Å². The summed E-state index contributed by atoms with van der Waals surface area (Å²) in [6.45, 7) is 5.19. The summed E-state index contributed by atoms with van der Waals surface area (Å²) in [4.78, 5) is 18.3. The Morgan fingerprint density at radius 3 is 2.31 bits per heavy atom. The van der Waals surface area contributed by atoms with Gasteiger partial charge in [0.25, 0.3) is 5.91 Å². The van der Waals surface area contributed by atoms with Crippen molar-refractivity contribution in [3.8, 4) is 11.5 Å². The van der Waals surface area contributed by atoms with Gasteiger partial charge in [-0.2, -0.15) is 5.10 Å². The first-order chi connectivity index (χ1) is 17.7. The molecule has 1 atom stereocenters. The Labute approximate surface area is 211 Å². The SMILES string of the molecule is O=C(CN1CCN(Cc2ccccc2)CC1)N1N=C(c2ccccc2)C[C@@H]1c1ccc2c(c1)OCO2. The molecule has 3 aromatic carbocycles. The fraction of sp³-hybridized carbons (Fsp3) is 0.310. The zero-order valence-electron chi connectivity index (χ0n) is 20.3. The van der Waals surface area contributed by atoms with E-state index in [1.165, 1.54) is 5.56 Å². The monoisotopic (exact) mass is 482 g/mol. The van der Waals surface area contributed by atoms with Crippen molar-refractivity contribution in [3.63, 3.8) is 0 Å². The van der Waals surface area contributed by atoms with Crippen molar-refractivity contribution in [2.75, 3.05) is 39.5 Å². The van der Waals surface area contributed by atoms with Gasteiger partial charge >= 0.3 is 0 Å². The van der Waals surface area contributed by atoms with Gasteiger partial charge in [0.1, 0.15) is 0 Å². The number of piperazine rings is 1. The summed E-state index contributed by atoms with van der Waals surface area (Å²) in [6.07, 6.45) is 0.667. The van der Waals surface area contributed by atoms with E-state index in [9.17, 15) is 4.79 Å². The van der Waals surface area contributed by atoms with Crippen LogP contribution < -0.4 is 9.47 Å². The second-order valence-corrected chi connectivity index (χ2v) is 9.52. The van der Waals surface area contributed by atoms with Crippen molar-refractivity contribution in [3.05, 3.63) is 95.6 Å². The number of benzene rings is 3. The lowest BCUT2D eigenvalue weighted by Gasteiger charge is -2.35.